The number of hydrogen-bond acceptors (Lipinski definition) is 3. The van der Waals surface area contributed by atoms with E-state index in [1.807, 2.05) is 18.2 Å². The van der Waals surface area contributed by atoms with Gasteiger partial charge in [0, 0.05) is 12.6 Å². The van der Waals surface area contributed by atoms with E-state index in [2.05, 4.69) is 19.2 Å². The van der Waals surface area contributed by atoms with Crippen LogP contribution in [-0.2, 0) is 4.74 Å². The van der Waals surface area contributed by atoms with Gasteiger partial charge in [0.2, 0.25) is 0 Å². The Hall–Kier alpha value is -1.06. The number of carbonyl (C=O) groups excluding carboxylic acids is 1. The summed E-state index contributed by atoms with van der Waals surface area (Å²) in [5.41, 5.74) is 0.603. The third kappa shape index (κ3) is 6.29. The molecule has 0 bridgehead atoms. The number of nitrogens with one attached hydrogen (secondary N) is 1. The van der Waals surface area contributed by atoms with Gasteiger partial charge >= 0.3 is 5.97 Å². The highest BCUT2D eigenvalue weighted by Crippen LogP contribution is 2.00. The average Bonchev–Trinajstić information content (AvgIpc) is 2.35. The zero-order chi connectivity index (χ0) is 11.8. The molecule has 0 aliphatic carbocycles. The lowest BCUT2D eigenvalue weighted by Crippen LogP contribution is -2.29. The van der Waals surface area contributed by atoms with E-state index in [0.717, 1.165) is 6.42 Å². The number of rotatable bonds is 6. The minimum atomic E-state index is -0.258. The second-order valence-corrected chi connectivity index (χ2v) is 3.77. The molecule has 1 rings (SSSR count). The molecular weight excluding hydrogens is 238 g/mol. The second-order valence-electron chi connectivity index (χ2n) is 3.77. The summed E-state index contributed by atoms with van der Waals surface area (Å²) in [4.78, 5) is 11.5. The lowest BCUT2D eigenvalue weighted by Gasteiger charge is -2.11. The van der Waals surface area contributed by atoms with Crippen LogP contribution in [0.5, 0.6) is 0 Å². The van der Waals surface area contributed by atoms with Crippen molar-refractivity contribution >= 4 is 18.4 Å². The highest BCUT2D eigenvalue weighted by Gasteiger charge is 2.05. The van der Waals surface area contributed by atoms with Crippen LogP contribution in [0.3, 0.4) is 0 Å². The van der Waals surface area contributed by atoms with Gasteiger partial charge in [0.25, 0.3) is 0 Å². The van der Waals surface area contributed by atoms with Gasteiger partial charge in [-0.25, -0.2) is 4.79 Å². The third-order valence-electron chi connectivity index (χ3n) is 2.45. The minimum absolute atomic E-state index is 0. The first-order chi connectivity index (χ1) is 7.74. The standard InChI is InChI=1S/C13H19NO2.ClH/c1-3-11(2)14-9-10-16-13(15)12-7-5-4-6-8-12;/h4-8,11,14H,3,9-10H2,1-2H3;1H. The van der Waals surface area contributed by atoms with Gasteiger partial charge in [0.05, 0.1) is 5.56 Å². The highest BCUT2D eigenvalue weighted by molar-refractivity contribution is 5.89. The molecule has 0 saturated heterocycles. The Morgan fingerprint density at radius 3 is 2.59 bits per heavy atom. The zero-order valence-corrected chi connectivity index (χ0v) is 11.1. The fraction of sp³-hybridized carbons (Fsp3) is 0.462. The van der Waals surface area contributed by atoms with E-state index < -0.39 is 0 Å². The summed E-state index contributed by atoms with van der Waals surface area (Å²) in [6.07, 6.45) is 1.08. The van der Waals surface area contributed by atoms with Gasteiger partial charge in [-0.05, 0) is 25.5 Å². The Kier molecular flexibility index (Phi) is 8.46. The van der Waals surface area contributed by atoms with Crippen LogP contribution >= 0.6 is 12.4 Å². The number of ether oxygens (including phenoxy) is 1. The summed E-state index contributed by atoms with van der Waals surface area (Å²) < 4.78 is 5.12. The van der Waals surface area contributed by atoms with Gasteiger partial charge < -0.3 is 10.1 Å². The van der Waals surface area contributed by atoms with E-state index in [1.165, 1.54) is 0 Å². The van der Waals surface area contributed by atoms with E-state index in [0.29, 0.717) is 24.8 Å². The summed E-state index contributed by atoms with van der Waals surface area (Å²) in [6, 6.07) is 9.51. The van der Waals surface area contributed by atoms with E-state index >= 15 is 0 Å². The Morgan fingerprint density at radius 2 is 2.00 bits per heavy atom. The molecule has 0 aliphatic heterocycles. The van der Waals surface area contributed by atoms with Gasteiger partial charge in [-0.1, -0.05) is 25.1 Å². The first-order valence-corrected chi connectivity index (χ1v) is 5.69. The zero-order valence-electron chi connectivity index (χ0n) is 10.3. The van der Waals surface area contributed by atoms with E-state index in [-0.39, 0.29) is 18.4 Å². The summed E-state index contributed by atoms with van der Waals surface area (Å²) >= 11 is 0. The molecule has 0 fully saturated rings. The summed E-state index contributed by atoms with van der Waals surface area (Å²) in [7, 11) is 0. The van der Waals surface area contributed by atoms with Crippen molar-refractivity contribution in [1.82, 2.24) is 5.32 Å². The van der Waals surface area contributed by atoms with Gasteiger partial charge in [-0.3, -0.25) is 0 Å². The van der Waals surface area contributed by atoms with Crippen LogP contribution in [0.25, 0.3) is 0 Å². The fourth-order valence-corrected chi connectivity index (χ4v) is 1.25. The van der Waals surface area contributed by atoms with Gasteiger partial charge in [-0.2, -0.15) is 0 Å². The van der Waals surface area contributed by atoms with Crippen molar-refractivity contribution in [2.24, 2.45) is 0 Å². The van der Waals surface area contributed by atoms with Crippen LogP contribution in [0, 0.1) is 0 Å². The smallest absolute Gasteiger partial charge is 0.338 e. The molecule has 0 spiro atoms. The van der Waals surface area contributed by atoms with Crippen LogP contribution in [-0.4, -0.2) is 25.2 Å². The predicted molar refractivity (Wildman–Crippen MR) is 71.7 cm³/mol. The maximum Gasteiger partial charge on any atom is 0.338 e. The molecule has 96 valence electrons. The molecule has 0 amide bonds. The van der Waals surface area contributed by atoms with Crippen molar-refractivity contribution in [3.63, 3.8) is 0 Å². The number of carbonyl (C=O) groups is 1. The maximum absolute atomic E-state index is 11.5. The lowest BCUT2D eigenvalue weighted by molar-refractivity contribution is 0.0506. The van der Waals surface area contributed by atoms with Crippen LogP contribution in [0.4, 0.5) is 0 Å². The molecule has 0 heterocycles. The van der Waals surface area contributed by atoms with Crippen molar-refractivity contribution in [2.75, 3.05) is 13.2 Å². The SMILES string of the molecule is CCC(C)NCCOC(=O)c1ccccc1.Cl. The Labute approximate surface area is 109 Å². The molecule has 17 heavy (non-hydrogen) atoms. The molecule has 1 atom stereocenters. The summed E-state index contributed by atoms with van der Waals surface area (Å²) in [6.45, 7) is 5.35. The van der Waals surface area contributed by atoms with E-state index in [4.69, 9.17) is 4.74 Å². The van der Waals surface area contributed by atoms with Crippen molar-refractivity contribution < 1.29 is 9.53 Å². The molecule has 0 aliphatic rings. The Morgan fingerprint density at radius 1 is 1.35 bits per heavy atom. The Balaban J connectivity index is 0.00000256. The average molecular weight is 258 g/mol. The van der Waals surface area contributed by atoms with Crippen molar-refractivity contribution in [3.8, 4) is 0 Å². The number of hydrogen-bond donors (Lipinski definition) is 1. The van der Waals surface area contributed by atoms with E-state index in [1.54, 1.807) is 12.1 Å². The summed E-state index contributed by atoms with van der Waals surface area (Å²) in [5.74, 6) is -0.258. The van der Waals surface area contributed by atoms with Crippen molar-refractivity contribution in [1.29, 1.82) is 0 Å². The summed E-state index contributed by atoms with van der Waals surface area (Å²) in [5, 5.41) is 3.26. The van der Waals surface area contributed by atoms with Gasteiger partial charge in [0.15, 0.2) is 0 Å². The van der Waals surface area contributed by atoms with Gasteiger partial charge in [0.1, 0.15) is 6.61 Å². The Bertz CT molecular complexity index is 316. The number of esters is 1. The van der Waals surface area contributed by atoms with Crippen LogP contribution in [0.1, 0.15) is 30.6 Å². The maximum atomic E-state index is 11.5. The van der Waals surface area contributed by atoms with Crippen LogP contribution in [0.2, 0.25) is 0 Å². The molecule has 1 unspecified atom stereocenters. The predicted octanol–water partition coefficient (Wildman–Crippen LogP) is 2.65. The fourth-order valence-electron chi connectivity index (χ4n) is 1.25. The molecule has 3 nitrogen and oxygen atoms in total. The molecule has 1 N–H and O–H groups in total. The number of halogens is 1. The first kappa shape index (κ1) is 15.9. The molecule has 4 heteroatoms. The van der Waals surface area contributed by atoms with Crippen LogP contribution in [0.15, 0.2) is 30.3 Å². The third-order valence-corrected chi connectivity index (χ3v) is 2.45. The molecule has 0 aromatic heterocycles. The number of benzene rings is 1. The monoisotopic (exact) mass is 257 g/mol. The minimum Gasteiger partial charge on any atom is -0.461 e. The van der Waals surface area contributed by atoms with Crippen LogP contribution < -0.4 is 5.32 Å². The van der Waals surface area contributed by atoms with Crippen molar-refractivity contribution in [3.05, 3.63) is 35.9 Å². The molecular formula is C13H20ClNO2. The van der Waals surface area contributed by atoms with Crippen molar-refractivity contribution in [2.45, 2.75) is 26.3 Å². The van der Waals surface area contributed by atoms with Gasteiger partial charge in [-0.15, -0.1) is 12.4 Å². The molecule has 0 radical (unpaired) electrons. The lowest BCUT2D eigenvalue weighted by atomic mass is 10.2. The van der Waals surface area contributed by atoms with E-state index in [9.17, 15) is 4.79 Å². The topological polar surface area (TPSA) is 38.3 Å². The normalized spacial score (nSPS) is 11.4. The highest BCUT2D eigenvalue weighted by atomic mass is 35.5. The quantitative estimate of drug-likeness (QED) is 0.629. The molecule has 1 aromatic rings. The molecule has 0 saturated carbocycles. The first-order valence-electron chi connectivity index (χ1n) is 5.69. The second kappa shape index (κ2) is 9.02. The largest absolute Gasteiger partial charge is 0.461 e. The molecule has 1 aromatic carbocycles.